The summed E-state index contributed by atoms with van der Waals surface area (Å²) in [5, 5.41) is 6.03. The third kappa shape index (κ3) is 8.45. The number of likely N-dealkylation sites (tertiary alicyclic amines) is 2. The number of benzene rings is 2. The number of nitrogens with one attached hydrogen (secondary N) is 4. The van der Waals surface area contributed by atoms with Gasteiger partial charge >= 0.3 is 12.2 Å². The van der Waals surface area contributed by atoms with E-state index < -0.39 is 30.1 Å². The predicted octanol–water partition coefficient (Wildman–Crippen LogP) is 6.28. The molecule has 2 aliphatic heterocycles. The van der Waals surface area contributed by atoms with E-state index in [0.717, 1.165) is 29.5 Å². The highest BCUT2D eigenvalue weighted by atomic mass is 19.1. The highest BCUT2D eigenvalue weighted by Gasteiger charge is 2.38. The van der Waals surface area contributed by atoms with Gasteiger partial charge in [0.15, 0.2) is 0 Å². The number of nitrogens with zero attached hydrogens (tertiary/aromatic N) is 5. The maximum absolute atomic E-state index is 15.8. The summed E-state index contributed by atoms with van der Waals surface area (Å²) in [6, 6.07) is 12.1. The number of aromatic amines is 2. The molecule has 59 heavy (non-hydrogen) atoms. The minimum absolute atomic E-state index is 0.0305. The number of ether oxygens (including phenoxy) is 2. The molecule has 4 amide bonds. The quantitative estimate of drug-likeness (QED) is 0.112. The van der Waals surface area contributed by atoms with Gasteiger partial charge in [0.05, 0.1) is 61.3 Å². The number of halogens is 1. The SMILES string of the molecule is C#CC[C@H](NC(=O)OC)C(=O)N1CCC[C@H]1c1ncc(-c2ccc3nc(-c4ccc(-c5cnc([C@@H]6CCCN6C(=O)[C@@H](NC(=O)OC)C(C)C)[nH]5)cc4F)ccc3c2)[nH]1. The lowest BCUT2D eigenvalue weighted by molar-refractivity contribution is -0.135. The first-order chi connectivity index (χ1) is 28.5. The molecule has 2 fully saturated rings. The number of H-pyrrole nitrogens is 2. The number of imidazole rings is 2. The third-order valence-electron chi connectivity index (χ3n) is 10.9. The number of carbonyl (C=O) groups is 4. The monoisotopic (exact) mass is 803 g/mol. The van der Waals surface area contributed by atoms with Crippen molar-refractivity contribution in [1.82, 2.24) is 45.4 Å². The Morgan fingerprint density at radius 3 is 2.03 bits per heavy atom. The Bertz CT molecular complexity index is 2420. The molecular weight excluding hydrogens is 758 g/mol. The predicted molar refractivity (Wildman–Crippen MR) is 217 cm³/mol. The van der Waals surface area contributed by atoms with Crippen molar-refractivity contribution in [3.8, 4) is 46.1 Å². The van der Waals surface area contributed by atoms with Crippen LogP contribution in [0.15, 0.2) is 60.9 Å². The molecule has 0 saturated carbocycles. The molecule has 7 rings (SSSR count). The van der Waals surface area contributed by atoms with Gasteiger partial charge in [0.1, 0.15) is 29.5 Å². The molecule has 2 aliphatic rings. The second-order valence-electron chi connectivity index (χ2n) is 15.0. The molecule has 16 heteroatoms. The Balaban J connectivity index is 1.04. The van der Waals surface area contributed by atoms with Crippen molar-refractivity contribution in [3.05, 3.63) is 78.4 Å². The van der Waals surface area contributed by atoms with E-state index in [2.05, 4.69) is 41.2 Å². The summed E-state index contributed by atoms with van der Waals surface area (Å²) in [6.45, 7) is 4.75. The van der Waals surface area contributed by atoms with E-state index >= 15 is 4.39 Å². The van der Waals surface area contributed by atoms with E-state index in [0.29, 0.717) is 65.6 Å². The topological polar surface area (TPSA) is 188 Å². The number of aromatic nitrogens is 5. The van der Waals surface area contributed by atoms with Crippen molar-refractivity contribution < 1.29 is 33.0 Å². The number of pyridine rings is 1. The minimum Gasteiger partial charge on any atom is -0.453 e. The van der Waals surface area contributed by atoms with Gasteiger partial charge in [-0.15, -0.1) is 12.3 Å². The zero-order valence-corrected chi connectivity index (χ0v) is 33.3. The van der Waals surface area contributed by atoms with Gasteiger partial charge in [0.2, 0.25) is 11.8 Å². The highest BCUT2D eigenvalue weighted by Crippen LogP contribution is 2.35. The summed E-state index contributed by atoms with van der Waals surface area (Å²) in [7, 11) is 2.49. The van der Waals surface area contributed by atoms with E-state index in [1.807, 2.05) is 38.1 Å². The Morgan fingerprint density at radius 1 is 0.847 bits per heavy atom. The van der Waals surface area contributed by atoms with Crippen LogP contribution in [-0.2, 0) is 19.1 Å². The molecule has 2 aromatic carbocycles. The number of rotatable bonds is 11. The van der Waals surface area contributed by atoms with Crippen LogP contribution in [0.25, 0.3) is 44.7 Å². The van der Waals surface area contributed by atoms with E-state index in [1.165, 1.54) is 20.3 Å². The molecule has 4 atom stereocenters. The summed E-state index contributed by atoms with van der Waals surface area (Å²) in [4.78, 5) is 74.8. The highest BCUT2D eigenvalue weighted by molar-refractivity contribution is 5.88. The molecule has 2 saturated heterocycles. The molecule has 0 unspecified atom stereocenters. The molecule has 0 radical (unpaired) electrons. The average molecular weight is 804 g/mol. The molecule has 3 aromatic heterocycles. The standard InChI is InChI=1S/C43H46FN9O6/c1-6-9-32(50-42(56)58-4)40(54)52-18-7-10-35(52)38-45-22-33(48-38)26-13-16-30-25(20-26)14-17-31(47-30)28-15-12-27(21-29(28)44)34-23-46-39(49-34)36-11-8-19-53(36)41(55)37(24(2)3)51-43(57)59-5/h1,12-17,20-24,32,35-37H,7-11,18-19H2,2-5H3,(H,45,48)(H,46,49)(H,50,56)(H,51,57)/t32-,35-,36-,37-/m0/s1. The van der Waals surface area contributed by atoms with Crippen LogP contribution in [-0.4, -0.2) is 98.1 Å². The maximum atomic E-state index is 15.8. The second kappa shape index (κ2) is 17.4. The first kappa shape index (κ1) is 40.4. The number of carbonyl (C=O) groups excluding carboxylic acids is 4. The number of hydrogen-bond donors (Lipinski definition) is 4. The van der Waals surface area contributed by atoms with Crippen molar-refractivity contribution in [1.29, 1.82) is 0 Å². The molecule has 0 bridgehead atoms. The van der Waals surface area contributed by atoms with Crippen LogP contribution in [0.3, 0.4) is 0 Å². The van der Waals surface area contributed by atoms with Gasteiger partial charge < -0.3 is 39.9 Å². The molecule has 0 spiro atoms. The summed E-state index contributed by atoms with van der Waals surface area (Å²) < 4.78 is 25.2. The Hall–Kier alpha value is -6.76. The summed E-state index contributed by atoms with van der Waals surface area (Å²) in [6.07, 6.45) is 10.4. The Morgan fingerprint density at radius 2 is 1.44 bits per heavy atom. The molecule has 306 valence electrons. The van der Waals surface area contributed by atoms with Crippen LogP contribution >= 0.6 is 0 Å². The molecule has 5 aromatic rings. The van der Waals surface area contributed by atoms with Gasteiger partial charge in [0.25, 0.3) is 0 Å². The minimum atomic E-state index is -0.909. The first-order valence-electron chi connectivity index (χ1n) is 19.5. The summed E-state index contributed by atoms with van der Waals surface area (Å²) in [5.74, 6) is 2.56. The molecule has 5 heterocycles. The molecule has 4 N–H and O–H groups in total. The van der Waals surface area contributed by atoms with E-state index in [9.17, 15) is 19.2 Å². The second-order valence-corrected chi connectivity index (χ2v) is 15.0. The van der Waals surface area contributed by atoms with Crippen LogP contribution in [0, 0.1) is 24.1 Å². The number of amides is 4. The normalized spacial score (nSPS) is 17.4. The number of terminal acetylenes is 1. The van der Waals surface area contributed by atoms with Crippen molar-refractivity contribution in [2.24, 2.45) is 5.92 Å². The van der Waals surface area contributed by atoms with Crippen LogP contribution in [0.4, 0.5) is 14.0 Å². The number of hydrogen-bond acceptors (Lipinski definition) is 9. The lowest BCUT2D eigenvalue weighted by atomic mass is 10.0. The fourth-order valence-corrected chi connectivity index (χ4v) is 7.87. The molecule has 15 nitrogen and oxygen atoms in total. The van der Waals surface area contributed by atoms with Gasteiger partial charge in [-0.25, -0.2) is 28.9 Å². The smallest absolute Gasteiger partial charge is 0.407 e. The van der Waals surface area contributed by atoms with Crippen molar-refractivity contribution in [2.75, 3.05) is 27.3 Å². The zero-order valence-electron chi connectivity index (χ0n) is 33.3. The summed E-state index contributed by atoms with van der Waals surface area (Å²) in [5.41, 5.74) is 4.29. The van der Waals surface area contributed by atoms with Crippen LogP contribution in [0.5, 0.6) is 0 Å². The van der Waals surface area contributed by atoms with Crippen molar-refractivity contribution in [3.63, 3.8) is 0 Å². The fourth-order valence-electron chi connectivity index (χ4n) is 7.87. The number of methoxy groups -OCH3 is 2. The number of fused-ring (bicyclic) bond motifs is 1. The van der Waals surface area contributed by atoms with Gasteiger partial charge in [-0.05, 0) is 61.9 Å². The largest absolute Gasteiger partial charge is 0.453 e. The Kier molecular flexibility index (Phi) is 11.9. The van der Waals surface area contributed by atoms with Crippen LogP contribution in [0.2, 0.25) is 0 Å². The lowest BCUT2D eigenvalue weighted by Gasteiger charge is -2.30. The lowest BCUT2D eigenvalue weighted by Crippen LogP contribution is -2.51. The van der Waals surface area contributed by atoms with E-state index in [1.54, 1.807) is 40.4 Å². The van der Waals surface area contributed by atoms with Gasteiger partial charge in [-0.3, -0.25) is 9.59 Å². The van der Waals surface area contributed by atoms with Crippen LogP contribution < -0.4 is 10.6 Å². The molecular formula is C43H46FN9O6. The van der Waals surface area contributed by atoms with Crippen molar-refractivity contribution in [2.45, 2.75) is 70.1 Å². The average Bonchev–Trinajstić information content (AvgIpc) is 4.08. The van der Waals surface area contributed by atoms with Gasteiger partial charge in [-0.2, -0.15) is 0 Å². The van der Waals surface area contributed by atoms with Crippen molar-refractivity contribution >= 4 is 34.9 Å². The van der Waals surface area contributed by atoms with Crippen LogP contribution in [0.1, 0.15) is 69.7 Å². The first-order valence-corrected chi connectivity index (χ1v) is 19.5. The van der Waals surface area contributed by atoms with E-state index in [-0.39, 0.29) is 36.2 Å². The zero-order chi connectivity index (χ0) is 41.8. The van der Waals surface area contributed by atoms with Gasteiger partial charge in [0, 0.05) is 41.6 Å². The summed E-state index contributed by atoms with van der Waals surface area (Å²) >= 11 is 0. The van der Waals surface area contributed by atoms with E-state index in [4.69, 9.17) is 16.1 Å². The molecule has 0 aliphatic carbocycles. The maximum Gasteiger partial charge on any atom is 0.407 e. The number of alkyl carbamates (subject to hydrolysis) is 2. The Labute approximate surface area is 340 Å². The van der Waals surface area contributed by atoms with Gasteiger partial charge in [-0.1, -0.05) is 32.0 Å². The third-order valence-corrected chi connectivity index (χ3v) is 10.9. The fraction of sp³-hybridized carbons (Fsp3) is 0.372.